The summed E-state index contributed by atoms with van der Waals surface area (Å²) in [4.78, 5) is 49.7. The van der Waals surface area contributed by atoms with Gasteiger partial charge in [0.25, 0.3) is 0 Å². The van der Waals surface area contributed by atoms with Crippen LogP contribution in [0.5, 0.6) is 0 Å². The molecule has 0 radical (unpaired) electrons. The number of hydrogen-bond acceptors (Lipinski definition) is 6. The normalized spacial score (nSPS) is 20.8. The van der Waals surface area contributed by atoms with E-state index in [4.69, 9.17) is 9.84 Å². The lowest BCUT2D eigenvalue weighted by molar-refractivity contribution is -0.138. The first kappa shape index (κ1) is 23.9. The number of ether oxygens (including phenoxy) is 1. The zero-order valence-electron chi connectivity index (χ0n) is 17.7. The van der Waals surface area contributed by atoms with Crippen LogP contribution in [-0.2, 0) is 19.1 Å². The molecule has 0 spiro atoms. The van der Waals surface area contributed by atoms with E-state index in [1.807, 2.05) is 0 Å². The lowest BCUT2D eigenvalue weighted by atomic mass is 9.92. The minimum atomic E-state index is -1.16. The number of nitrogens with zero attached hydrogens (tertiary/aromatic N) is 1. The van der Waals surface area contributed by atoms with Crippen molar-refractivity contribution >= 4 is 23.9 Å². The third kappa shape index (κ3) is 8.17. The van der Waals surface area contributed by atoms with Crippen LogP contribution in [0.3, 0.4) is 0 Å². The second kappa shape index (κ2) is 12.4. The topological polar surface area (TPSA) is 137 Å². The van der Waals surface area contributed by atoms with Crippen LogP contribution < -0.4 is 16.0 Å². The lowest BCUT2D eigenvalue weighted by Crippen LogP contribution is -2.53. The van der Waals surface area contributed by atoms with Crippen molar-refractivity contribution in [3.63, 3.8) is 0 Å². The van der Waals surface area contributed by atoms with Crippen molar-refractivity contribution in [1.82, 2.24) is 20.9 Å². The molecule has 4 N–H and O–H groups in total. The third-order valence-corrected chi connectivity index (χ3v) is 5.63. The minimum Gasteiger partial charge on any atom is -0.481 e. The maximum atomic E-state index is 12.7. The predicted molar refractivity (Wildman–Crippen MR) is 108 cm³/mol. The summed E-state index contributed by atoms with van der Waals surface area (Å²) < 4.78 is 4.76. The molecular formula is C20H34N4O6. The van der Waals surface area contributed by atoms with Gasteiger partial charge in [0.15, 0.2) is 0 Å². The maximum Gasteiger partial charge on any atom is 0.408 e. The summed E-state index contributed by atoms with van der Waals surface area (Å²) in [5, 5.41) is 17.3. The summed E-state index contributed by atoms with van der Waals surface area (Å²) in [6.07, 6.45) is 2.56. The molecule has 2 aliphatic heterocycles. The van der Waals surface area contributed by atoms with Gasteiger partial charge in [-0.05, 0) is 58.0 Å². The van der Waals surface area contributed by atoms with E-state index >= 15 is 0 Å². The molecular weight excluding hydrogens is 392 g/mol. The van der Waals surface area contributed by atoms with Crippen molar-refractivity contribution in [3.05, 3.63) is 0 Å². The molecule has 2 saturated heterocycles. The van der Waals surface area contributed by atoms with Gasteiger partial charge in [0.05, 0.1) is 18.9 Å². The van der Waals surface area contributed by atoms with E-state index in [-0.39, 0.29) is 18.4 Å². The quantitative estimate of drug-likeness (QED) is 0.398. The number of rotatable bonds is 9. The molecule has 10 heteroatoms. The first-order chi connectivity index (χ1) is 14.4. The van der Waals surface area contributed by atoms with Crippen LogP contribution in [0.2, 0.25) is 0 Å². The van der Waals surface area contributed by atoms with E-state index in [2.05, 4.69) is 16.0 Å². The SMILES string of the molecule is CCOC(=O)N[C@@H](CC(=O)O)NC(=O)[C@@H]1CCCN(C(=O)CCC2CCNCC2)C1. The van der Waals surface area contributed by atoms with Gasteiger partial charge in [0.1, 0.15) is 6.17 Å². The number of piperidine rings is 2. The average molecular weight is 427 g/mol. The van der Waals surface area contributed by atoms with Crippen molar-refractivity contribution in [2.45, 2.75) is 58.0 Å². The van der Waals surface area contributed by atoms with Crippen molar-refractivity contribution in [1.29, 1.82) is 0 Å². The second-order valence-corrected chi connectivity index (χ2v) is 7.93. The van der Waals surface area contributed by atoms with Crippen molar-refractivity contribution in [2.24, 2.45) is 11.8 Å². The summed E-state index contributed by atoms with van der Waals surface area (Å²) in [7, 11) is 0. The fourth-order valence-electron chi connectivity index (χ4n) is 3.99. The van der Waals surface area contributed by atoms with Gasteiger partial charge in [-0.1, -0.05) is 0 Å². The first-order valence-corrected chi connectivity index (χ1v) is 10.8. The Kier molecular flexibility index (Phi) is 9.85. The highest BCUT2D eigenvalue weighted by Gasteiger charge is 2.30. The number of carbonyl (C=O) groups is 4. The molecule has 0 saturated carbocycles. The van der Waals surface area contributed by atoms with Crippen LogP contribution in [-0.4, -0.2) is 72.8 Å². The lowest BCUT2D eigenvalue weighted by Gasteiger charge is -2.33. The second-order valence-electron chi connectivity index (χ2n) is 7.93. The van der Waals surface area contributed by atoms with Gasteiger partial charge < -0.3 is 30.7 Å². The number of amides is 3. The average Bonchev–Trinajstić information content (AvgIpc) is 2.72. The third-order valence-electron chi connectivity index (χ3n) is 5.63. The van der Waals surface area contributed by atoms with Crippen LogP contribution in [0.15, 0.2) is 0 Å². The van der Waals surface area contributed by atoms with Crippen LogP contribution in [0.4, 0.5) is 4.79 Å². The molecule has 30 heavy (non-hydrogen) atoms. The first-order valence-electron chi connectivity index (χ1n) is 10.8. The van der Waals surface area contributed by atoms with Crippen molar-refractivity contribution in [2.75, 3.05) is 32.8 Å². The Morgan fingerprint density at radius 3 is 2.57 bits per heavy atom. The molecule has 170 valence electrons. The van der Waals surface area contributed by atoms with Crippen molar-refractivity contribution < 1.29 is 29.0 Å². The molecule has 0 unspecified atom stereocenters. The Morgan fingerprint density at radius 1 is 1.17 bits per heavy atom. The van der Waals surface area contributed by atoms with Crippen molar-refractivity contribution in [3.8, 4) is 0 Å². The summed E-state index contributed by atoms with van der Waals surface area (Å²) in [6.45, 7) is 4.72. The molecule has 10 nitrogen and oxygen atoms in total. The van der Waals surface area contributed by atoms with Crippen LogP contribution in [0.1, 0.15) is 51.9 Å². The van der Waals surface area contributed by atoms with Gasteiger partial charge in [-0.25, -0.2) is 4.79 Å². The summed E-state index contributed by atoms with van der Waals surface area (Å²) in [6, 6.07) is 0. The van der Waals surface area contributed by atoms with E-state index in [0.29, 0.717) is 38.3 Å². The van der Waals surface area contributed by atoms with Gasteiger partial charge in [0.2, 0.25) is 11.8 Å². The Bertz CT molecular complexity index is 608. The summed E-state index contributed by atoms with van der Waals surface area (Å²) >= 11 is 0. The van der Waals surface area contributed by atoms with Crippen LogP contribution in [0, 0.1) is 11.8 Å². The number of aliphatic carboxylic acids is 1. The largest absolute Gasteiger partial charge is 0.481 e. The fourth-order valence-corrected chi connectivity index (χ4v) is 3.99. The Balaban J connectivity index is 1.84. The van der Waals surface area contributed by atoms with E-state index in [0.717, 1.165) is 32.4 Å². The predicted octanol–water partition coefficient (Wildman–Crippen LogP) is 0.668. The van der Waals surface area contributed by atoms with Gasteiger partial charge in [-0.2, -0.15) is 0 Å². The Morgan fingerprint density at radius 2 is 1.90 bits per heavy atom. The number of carboxylic acids is 1. The molecule has 2 heterocycles. The van der Waals surface area contributed by atoms with E-state index in [9.17, 15) is 19.2 Å². The highest BCUT2D eigenvalue weighted by Crippen LogP contribution is 2.21. The fraction of sp³-hybridized carbons (Fsp3) is 0.800. The number of nitrogens with one attached hydrogen (secondary N) is 3. The molecule has 0 aliphatic carbocycles. The minimum absolute atomic E-state index is 0.0674. The highest BCUT2D eigenvalue weighted by molar-refractivity contribution is 5.82. The van der Waals surface area contributed by atoms with Gasteiger partial charge >= 0.3 is 12.1 Å². The molecule has 3 amide bonds. The number of carbonyl (C=O) groups excluding carboxylic acids is 3. The molecule has 2 aliphatic rings. The monoisotopic (exact) mass is 426 g/mol. The molecule has 2 fully saturated rings. The number of alkyl carbamates (subject to hydrolysis) is 1. The van der Waals surface area contributed by atoms with Crippen LogP contribution in [0.25, 0.3) is 0 Å². The zero-order chi connectivity index (χ0) is 21.9. The van der Waals surface area contributed by atoms with E-state index in [1.54, 1.807) is 11.8 Å². The molecule has 2 rings (SSSR count). The Hall–Kier alpha value is -2.36. The van der Waals surface area contributed by atoms with Gasteiger partial charge in [-0.15, -0.1) is 0 Å². The highest BCUT2D eigenvalue weighted by atomic mass is 16.5. The Labute approximate surface area is 177 Å². The van der Waals surface area contributed by atoms with E-state index in [1.165, 1.54) is 0 Å². The molecule has 0 aromatic carbocycles. The van der Waals surface area contributed by atoms with Gasteiger partial charge in [0, 0.05) is 19.5 Å². The molecule has 0 bridgehead atoms. The number of hydrogen-bond donors (Lipinski definition) is 4. The van der Waals surface area contributed by atoms with Crippen LogP contribution >= 0.6 is 0 Å². The molecule has 0 aromatic rings. The number of likely N-dealkylation sites (tertiary alicyclic amines) is 1. The molecule has 2 atom stereocenters. The zero-order valence-corrected chi connectivity index (χ0v) is 17.7. The van der Waals surface area contributed by atoms with E-state index < -0.39 is 30.6 Å². The number of carboxylic acid groups (broad SMARTS) is 1. The summed E-state index contributed by atoms with van der Waals surface area (Å²) in [5.41, 5.74) is 0. The standard InChI is InChI=1S/C20H34N4O6/c1-2-30-20(29)23-16(12-18(26)27)22-19(28)15-4-3-11-24(13-15)17(25)6-5-14-7-9-21-10-8-14/h14-16,21H,2-13H2,1H3,(H,22,28)(H,23,29)(H,26,27)/t15-,16+/m1/s1. The maximum absolute atomic E-state index is 12.7. The molecule has 0 aromatic heterocycles. The van der Waals surface area contributed by atoms with Gasteiger partial charge in [-0.3, -0.25) is 14.4 Å². The smallest absolute Gasteiger partial charge is 0.408 e. The summed E-state index contributed by atoms with van der Waals surface area (Å²) in [5.74, 6) is -1.31.